The normalized spacial score (nSPS) is 12.0. The molecule has 4 heterocycles. The van der Waals surface area contributed by atoms with E-state index in [1.54, 1.807) is 11.3 Å². The van der Waals surface area contributed by atoms with Crippen LogP contribution in [0.2, 0.25) is 0 Å². The van der Waals surface area contributed by atoms with Crippen LogP contribution >= 0.6 is 11.3 Å². The molecule has 256 valence electrons. The molecule has 0 aliphatic heterocycles. The maximum absolute atomic E-state index is 6.98. The Morgan fingerprint density at radius 2 is 1.05 bits per heavy atom. The predicted octanol–water partition coefficient (Wildman–Crippen LogP) is 13.4. The highest BCUT2D eigenvalue weighted by atomic mass is 32.1. The number of nitrogens with zero attached hydrogens (tertiary/aromatic N) is 4. The van der Waals surface area contributed by atoms with Gasteiger partial charge in [-0.1, -0.05) is 121 Å². The van der Waals surface area contributed by atoms with Crippen LogP contribution in [0.5, 0.6) is 0 Å². The summed E-state index contributed by atoms with van der Waals surface area (Å²) in [6.07, 6.45) is 0. The lowest BCUT2D eigenvalue weighted by Crippen LogP contribution is -2.00. The molecular formula is C49H28N4OS. The Kier molecular flexibility index (Phi) is 6.44. The van der Waals surface area contributed by atoms with Crippen molar-refractivity contribution in [1.29, 1.82) is 0 Å². The minimum Gasteiger partial charge on any atom is -0.455 e. The zero-order valence-corrected chi connectivity index (χ0v) is 30.1. The molecule has 0 aliphatic carbocycles. The van der Waals surface area contributed by atoms with Gasteiger partial charge in [0.15, 0.2) is 17.5 Å². The number of furan rings is 1. The third kappa shape index (κ3) is 4.62. The fourth-order valence-corrected chi connectivity index (χ4v) is 9.47. The summed E-state index contributed by atoms with van der Waals surface area (Å²) >= 11 is 1.79. The Morgan fingerprint density at radius 1 is 0.436 bits per heavy atom. The minimum absolute atomic E-state index is 0.567. The molecule has 12 rings (SSSR count). The molecule has 0 saturated heterocycles. The van der Waals surface area contributed by atoms with Crippen LogP contribution in [0.4, 0.5) is 0 Å². The second kappa shape index (κ2) is 11.7. The number of benzene rings is 8. The van der Waals surface area contributed by atoms with Gasteiger partial charge in [0.1, 0.15) is 11.2 Å². The zero-order chi connectivity index (χ0) is 36.0. The third-order valence-corrected chi connectivity index (χ3v) is 12.0. The van der Waals surface area contributed by atoms with Gasteiger partial charge >= 0.3 is 0 Å². The molecule has 0 aliphatic rings. The average molecular weight is 721 g/mol. The summed E-state index contributed by atoms with van der Waals surface area (Å²) in [7, 11) is 0. The van der Waals surface area contributed by atoms with Crippen molar-refractivity contribution >= 4 is 86.0 Å². The summed E-state index contributed by atoms with van der Waals surface area (Å²) in [5.74, 6) is 1.80. The Hall–Kier alpha value is -7.15. The smallest absolute Gasteiger partial charge is 0.167 e. The fraction of sp³-hybridized carbons (Fsp3) is 0. The Morgan fingerprint density at radius 3 is 1.85 bits per heavy atom. The highest BCUT2D eigenvalue weighted by molar-refractivity contribution is 7.25. The van der Waals surface area contributed by atoms with Gasteiger partial charge in [-0.25, -0.2) is 15.0 Å². The van der Waals surface area contributed by atoms with Gasteiger partial charge in [0.05, 0.1) is 16.6 Å². The monoisotopic (exact) mass is 720 g/mol. The maximum Gasteiger partial charge on any atom is 0.167 e. The van der Waals surface area contributed by atoms with Gasteiger partial charge in [0.2, 0.25) is 0 Å². The third-order valence-electron chi connectivity index (χ3n) is 10.8. The van der Waals surface area contributed by atoms with E-state index >= 15 is 0 Å². The number of hydrogen-bond acceptors (Lipinski definition) is 5. The van der Waals surface area contributed by atoms with Gasteiger partial charge in [-0.05, 0) is 53.2 Å². The van der Waals surface area contributed by atoms with Crippen LogP contribution in [0.25, 0.3) is 115 Å². The molecule has 0 radical (unpaired) electrons. The van der Waals surface area contributed by atoms with Crippen molar-refractivity contribution in [2.45, 2.75) is 0 Å². The Labute approximate surface area is 318 Å². The average Bonchev–Trinajstić information content (AvgIpc) is 3.93. The summed E-state index contributed by atoms with van der Waals surface area (Å²) in [6, 6.07) is 59.6. The second-order valence-electron chi connectivity index (χ2n) is 14.0. The second-order valence-corrected chi connectivity index (χ2v) is 15.1. The molecule has 5 nitrogen and oxygen atoms in total. The van der Waals surface area contributed by atoms with Gasteiger partial charge in [-0.15, -0.1) is 11.3 Å². The lowest BCUT2D eigenvalue weighted by atomic mass is 9.99. The van der Waals surface area contributed by atoms with Crippen LogP contribution in [0, 0.1) is 0 Å². The molecule has 55 heavy (non-hydrogen) atoms. The first-order chi connectivity index (χ1) is 27.2. The van der Waals surface area contributed by atoms with Crippen molar-refractivity contribution in [2.24, 2.45) is 0 Å². The van der Waals surface area contributed by atoms with E-state index in [9.17, 15) is 0 Å². The van der Waals surface area contributed by atoms with Crippen molar-refractivity contribution in [3.63, 3.8) is 0 Å². The van der Waals surface area contributed by atoms with Crippen molar-refractivity contribution < 1.29 is 4.42 Å². The van der Waals surface area contributed by atoms with Crippen molar-refractivity contribution in [3.05, 3.63) is 170 Å². The first-order valence-corrected chi connectivity index (χ1v) is 19.2. The molecule has 8 aromatic carbocycles. The number of hydrogen-bond donors (Lipinski definition) is 0. The van der Waals surface area contributed by atoms with Crippen molar-refractivity contribution in [3.8, 4) is 39.9 Å². The van der Waals surface area contributed by atoms with Gasteiger partial charge in [0, 0.05) is 64.6 Å². The van der Waals surface area contributed by atoms with Gasteiger partial charge in [-0.3, -0.25) is 0 Å². The van der Waals surface area contributed by atoms with E-state index in [4.69, 9.17) is 19.4 Å². The van der Waals surface area contributed by atoms with E-state index in [1.165, 1.54) is 30.9 Å². The number of rotatable bonds is 4. The molecule has 0 fully saturated rings. The first kappa shape index (κ1) is 30.3. The van der Waals surface area contributed by atoms with E-state index in [0.717, 1.165) is 66.1 Å². The molecule has 0 amide bonds. The van der Waals surface area contributed by atoms with Crippen molar-refractivity contribution in [2.75, 3.05) is 0 Å². The lowest BCUT2D eigenvalue weighted by Gasteiger charge is -2.10. The van der Waals surface area contributed by atoms with Crippen molar-refractivity contribution in [1.82, 2.24) is 19.5 Å². The van der Waals surface area contributed by atoms with Crippen LogP contribution in [0.15, 0.2) is 174 Å². The highest BCUT2D eigenvalue weighted by Crippen LogP contribution is 2.43. The molecule has 0 spiro atoms. The standard InChI is InChI=1S/C49H28N4OS/c1-2-12-29(13-3-1)47-50-48(31-22-24-37-36-18-8-11-21-43(36)55-44(37)27-31)52-49(51-47)39-26-30-14-4-5-15-33(30)45-38-25-23-32(28-42(38)54-46(39)45)53-40-19-9-6-16-34(40)35-17-7-10-20-41(35)53/h1-28H. The first-order valence-electron chi connectivity index (χ1n) is 18.4. The summed E-state index contributed by atoms with van der Waals surface area (Å²) < 4.78 is 11.8. The summed E-state index contributed by atoms with van der Waals surface area (Å²) in [4.78, 5) is 15.5. The number of fused-ring (bicyclic) bond motifs is 11. The van der Waals surface area contributed by atoms with Crippen LogP contribution in [-0.2, 0) is 0 Å². The quantitative estimate of drug-likeness (QED) is 0.182. The molecule has 12 aromatic rings. The number of thiophene rings is 1. The molecule has 0 saturated carbocycles. The van der Waals surface area contributed by atoms with Gasteiger partial charge in [-0.2, -0.15) is 0 Å². The van der Waals surface area contributed by atoms with E-state index in [2.05, 4.69) is 144 Å². The minimum atomic E-state index is 0.567. The van der Waals surface area contributed by atoms with Gasteiger partial charge < -0.3 is 8.98 Å². The summed E-state index contributed by atoms with van der Waals surface area (Å²) in [6.45, 7) is 0. The number of aromatic nitrogens is 4. The van der Waals surface area contributed by atoms with Gasteiger partial charge in [0.25, 0.3) is 0 Å². The summed E-state index contributed by atoms with van der Waals surface area (Å²) in [5.41, 5.74) is 7.61. The fourth-order valence-electron chi connectivity index (χ4n) is 8.33. The molecule has 0 atom stereocenters. The highest BCUT2D eigenvalue weighted by Gasteiger charge is 2.22. The van der Waals surface area contributed by atoms with E-state index in [1.807, 2.05) is 30.3 Å². The van der Waals surface area contributed by atoms with Crippen LogP contribution in [0.3, 0.4) is 0 Å². The van der Waals surface area contributed by atoms with Crippen LogP contribution in [-0.4, -0.2) is 19.5 Å². The Bertz CT molecular complexity index is 3450. The largest absolute Gasteiger partial charge is 0.455 e. The van der Waals surface area contributed by atoms with Crippen LogP contribution < -0.4 is 0 Å². The van der Waals surface area contributed by atoms with Crippen LogP contribution in [0.1, 0.15) is 0 Å². The topological polar surface area (TPSA) is 56.7 Å². The predicted molar refractivity (Wildman–Crippen MR) is 228 cm³/mol. The van der Waals surface area contributed by atoms with E-state index in [-0.39, 0.29) is 0 Å². The SMILES string of the molecule is c1ccc(-c2nc(-c3ccc4c(c3)sc3ccccc34)nc(-c3cc4ccccc4c4c3oc3cc(-n5c6ccccc6c6ccccc65)ccc34)n2)cc1. The van der Waals surface area contributed by atoms with E-state index in [0.29, 0.717) is 17.5 Å². The Balaban J connectivity index is 1.11. The zero-order valence-electron chi connectivity index (χ0n) is 29.3. The molecular weight excluding hydrogens is 693 g/mol. The molecule has 4 aromatic heterocycles. The molecule has 0 unspecified atom stereocenters. The maximum atomic E-state index is 6.98. The molecule has 0 bridgehead atoms. The molecule has 0 N–H and O–H groups in total. The molecule has 6 heteroatoms. The number of para-hydroxylation sites is 2. The summed E-state index contributed by atoms with van der Waals surface area (Å²) in [5, 5.41) is 9.26. The lowest BCUT2D eigenvalue weighted by molar-refractivity contribution is 0.669. The van der Waals surface area contributed by atoms with E-state index < -0.39 is 0 Å².